The van der Waals surface area contributed by atoms with E-state index in [9.17, 15) is 4.79 Å². The van der Waals surface area contributed by atoms with Crippen molar-refractivity contribution in [3.05, 3.63) is 51.1 Å². The maximum atomic E-state index is 12.6. The first-order valence-corrected chi connectivity index (χ1v) is 8.92. The number of nitrogens with one attached hydrogen (secondary N) is 1. The van der Waals surface area contributed by atoms with Crippen LogP contribution in [0.25, 0.3) is 11.5 Å². The van der Waals surface area contributed by atoms with Crippen molar-refractivity contribution >= 4 is 33.8 Å². The van der Waals surface area contributed by atoms with Crippen LogP contribution in [0.4, 0.5) is 5.00 Å². The van der Waals surface area contributed by atoms with Crippen LogP contribution in [-0.2, 0) is 17.8 Å². The summed E-state index contributed by atoms with van der Waals surface area (Å²) in [5.41, 5.74) is 2.29. The molecule has 0 fully saturated rings. The van der Waals surface area contributed by atoms with Gasteiger partial charge in [0.15, 0.2) is 5.82 Å². The molecule has 2 aromatic heterocycles. The van der Waals surface area contributed by atoms with Crippen molar-refractivity contribution in [2.24, 2.45) is 0 Å². The third kappa shape index (κ3) is 3.06. The topological polar surface area (TPSA) is 77.2 Å². The molecule has 1 N–H and O–H groups in total. The smallest absolute Gasteiger partial charge is 0.261 e. The monoisotopic (exact) mass is 375 g/mol. The van der Waals surface area contributed by atoms with Gasteiger partial charge in [0.1, 0.15) is 5.00 Å². The minimum absolute atomic E-state index is 0.275. The van der Waals surface area contributed by atoms with Crippen molar-refractivity contribution in [1.29, 1.82) is 0 Å². The summed E-state index contributed by atoms with van der Waals surface area (Å²) in [7, 11) is 0. The second kappa shape index (κ2) is 6.59. The van der Waals surface area contributed by atoms with E-state index in [1.54, 1.807) is 31.2 Å². The highest BCUT2D eigenvalue weighted by Gasteiger charge is 2.27. The number of anilines is 1. The second-order valence-corrected chi connectivity index (χ2v) is 7.10. The average molecular weight is 376 g/mol. The Kier molecular flexibility index (Phi) is 4.29. The van der Waals surface area contributed by atoms with E-state index in [0.29, 0.717) is 40.5 Å². The Bertz CT molecular complexity index is 951. The van der Waals surface area contributed by atoms with Gasteiger partial charge in [0.05, 0.1) is 29.4 Å². The van der Waals surface area contributed by atoms with Crippen LogP contribution in [0.5, 0.6) is 0 Å². The Labute approximate surface area is 152 Å². The van der Waals surface area contributed by atoms with Gasteiger partial charge >= 0.3 is 0 Å². The minimum Gasteiger partial charge on any atom is -0.376 e. The van der Waals surface area contributed by atoms with E-state index in [0.717, 1.165) is 22.4 Å². The molecule has 1 aliphatic rings. The standard InChI is InChI=1S/C17H14ClN3O3S/c1-9-19-16(24-21-9)14-11-6-7-23-8-13(11)25-17(14)20-15(22)10-4-2-3-5-12(10)18/h2-5H,6-8H2,1H3,(H,20,22). The summed E-state index contributed by atoms with van der Waals surface area (Å²) in [6, 6.07) is 6.93. The summed E-state index contributed by atoms with van der Waals surface area (Å²) in [6.45, 7) is 2.90. The Hall–Kier alpha value is -2.22. The van der Waals surface area contributed by atoms with Gasteiger partial charge in [-0.15, -0.1) is 11.3 Å². The number of benzene rings is 1. The highest BCUT2D eigenvalue weighted by molar-refractivity contribution is 7.17. The third-order valence-corrected chi connectivity index (χ3v) is 5.36. The predicted octanol–water partition coefficient (Wildman–Crippen LogP) is 4.08. The average Bonchev–Trinajstić information content (AvgIpc) is 3.17. The molecule has 8 heteroatoms. The van der Waals surface area contributed by atoms with Crippen molar-refractivity contribution in [3.63, 3.8) is 0 Å². The molecule has 1 aliphatic heterocycles. The van der Waals surface area contributed by atoms with E-state index in [-0.39, 0.29) is 5.91 Å². The van der Waals surface area contributed by atoms with E-state index in [2.05, 4.69) is 15.5 Å². The zero-order chi connectivity index (χ0) is 17.4. The Balaban J connectivity index is 1.75. The molecule has 0 atom stereocenters. The zero-order valence-electron chi connectivity index (χ0n) is 13.3. The number of fused-ring (bicyclic) bond motifs is 1. The van der Waals surface area contributed by atoms with Crippen molar-refractivity contribution in [3.8, 4) is 11.5 Å². The van der Waals surface area contributed by atoms with Gasteiger partial charge in [-0.25, -0.2) is 0 Å². The molecule has 0 aliphatic carbocycles. The number of halogens is 1. The SMILES string of the molecule is Cc1noc(-c2c(NC(=O)c3ccccc3Cl)sc3c2CCOC3)n1. The number of aryl methyl sites for hydroxylation is 1. The molecule has 0 saturated carbocycles. The van der Waals surface area contributed by atoms with Gasteiger partial charge in [-0.3, -0.25) is 4.79 Å². The number of ether oxygens (including phenoxy) is 1. The second-order valence-electron chi connectivity index (χ2n) is 5.59. The van der Waals surface area contributed by atoms with E-state index in [1.807, 2.05) is 0 Å². The fraction of sp³-hybridized carbons (Fsp3) is 0.235. The molecule has 128 valence electrons. The Morgan fingerprint density at radius 3 is 2.96 bits per heavy atom. The van der Waals surface area contributed by atoms with Crippen LogP contribution in [0, 0.1) is 6.92 Å². The largest absolute Gasteiger partial charge is 0.376 e. The van der Waals surface area contributed by atoms with Crippen molar-refractivity contribution in [1.82, 2.24) is 10.1 Å². The molecule has 3 aromatic rings. The first kappa shape index (κ1) is 16.3. The summed E-state index contributed by atoms with van der Waals surface area (Å²) in [5, 5.41) is 7.88. The Morgan fingerprint density at radius 1 is 1.36 bits per heavy atom. The molecule has 4 rings (SSSR count). The molecular weight excluding hydrogens is 362 g/mol. The van der Waals surface area contributed by atoms with Crippen molar-refractivity contribution in [2.75, 3.05) is 11.9 Å². The number of nitrogens with zero attached hydrogens (tertiary/aromatic N) is 2. The normalized spacial score (nSPS) is 13.5. The summed E-state index contributed by atoms with van der Waals surface area (Å²) >= 11 is 7.60. The highest BCUT2D eigenvalue weighted by Crippen LogP contribution is 2.42. The van der Waals surface area contributed by atoms with Crippen LogP contribution in [-0.4, -0.2) is 22.7 Å². The number of hydrogen-bond acceptors (Lipinski definition) is 6. The predicted molar refractivity (Wildman–Crippen MR) is 95.1 cm³/mol. The van der Waals surface area contributed by atoms with E-state index in [1.165, 1.54) is 11.3 Å². The first-order chi connectivity index (χ1) is 12.1. The molecular formula is C17H14ClN3O3S. The lowest BCUT2D eigenvalue weighted by atomic mass is 10.1. The van der Waals surface area contributed by atoms with Crippen LogP contribution < -0.4 is 5.32 Å². The van der Waals surface area contributed by atoms with Gasteiger partial charge in [0.2, 0.25) is 0 Å². The fourth-order valence-electron chi connectivity index (χ4n) is 2.76. The molecule has 0 radical (unpaired) electrons. The van der Waals surface area contributed by atoms with Gasteiger partial charge in [0.25, 0.3) is 11.8 Å². The molecule has 25 heavy (non-hydrogen) atoms. The van der Waals surface area contributed by atoms with Crippen LogP contribution >= 0.6 is 22.9 Å². The van der Waals surface area contributed by atoms with Crippen molar-refractivity contribution < 1.29 is 14.1 Å². The van der Waals surface area contributed by atoms with E-state index < -0.39 is 0 Å². The third-order valence-electron chi connectivity index (χ3n) is 3.91. The number of carbonyl (C=O) groups excluding carboxylic acids is 1. The fourth-order valence-corrected chi connectivity index (χ4v) is 4.15. The zero-order valence-corrected chi connectivity index (χ0v) is 14.9. The van der Waals surface area contributed by atoms with Crippen LogP contribution in [0.3, 0.4) is 0 Å². The molecule has 0 unspecified atom stereocenters. The summed E-state index contributed by atoms with van der Waals surface area (Å²) in [5.74, 6) is 0.680. The first-order valence-electron chi connectivity index (χ1n) is 7.72. The summed E-state index contributed by atoms with van der Waals surface area (Å²) in [6.07, 6.45) is 0.741. The number of thiophene rings is 1. The lowest BCUT2D eigenvalue weighted by molar-refractivity contribution is 0.102. The lowest BCUT2D eigenvalue weighted by Gasteiger charge is -2.12. The number of rotatable bonds is 3. The van der Waals surface area contributed by atoms with Crippen LogP contribution in [0.1, 0.15) is 26.6 Å². The van der Waals surface area contributed by atoms with Crippen molar-refractivity contribution in [2.45, 2.75) is 20.0 Å². The molecule has 3 heterocycles. The van der Waals surface area contributed by atoms with Crippen LogP contribution in [0.2, 0.25) is 5.02 Å². The Morgan fingerprint density at radius 2 is 2.20 bits per heavy atom. The van der Waals surface area contributed by atoms with Gasteiger partial charge in [-0.2, -0.15) is 4.98 Å². The summed E-state index contributed by atoms with van der Waals surface area (Å²) in [4.78, 5) is 18.0. The highest BCUT2D eigenvalue weighted by atomic mass is 35.5. The van der Waals surface area contributed by atoms with Gasteiger partial charge in [-0.1, -0.05) is 28.9 Å². The van der Waals surface area contributed by atoms with Gasteiger partial charge in [-0.05, 0) is 31.0 Å². The lowest BCUT2D eigenvalue weighted by Crippen LogP contribution is -2.12. The molecule has 0 bridgehead atoms. The van der Waals surface area contributed by atoms with E-state index >= 15 is 0 Å². The molecule has 0 spiro atoms. The molecule has 1 amide bonds. The molecule has 1 aromatic carbocycles. The molecule has 0 saturated heterocycles. The van der Waals surface area contributed by atoms with E-state index in [4.69, 9.17) is 20.9 Å². The van der Waals surface area contributed by atoms with Gasteiger partial charge in [0, 0.05) is 4.88 Å². The minimum atomic E-state index is -0.275. The number of hydrogen-bond donors (Lipinski definition) is 1. The quantitative estimate of drug-likeness (QED) is 0.746. The number of amides is 1. The molecule has 6 nitrogen and oxygen atoms in total. The van der Waals surface area contributed by atoms with Gasteiger partial charge < -0.3 is 14.6 Å². The van der Waals surface area contributed by atoms with Crippen LogP contribution in [0.15, 0.2) is 28.8 Å². The number of aromatic nitrogens is 2. The summed E-state index contributed by atoms with van der Waals surface area (Å²) < 4.78 is 10.9. The maximum absolute atomic E-state index is 12.6. The maximum Gasteiger partial charge on any atom is 0.261 e. The number of carbonyl (C=O) groups is 1.